The van der Waals surface area contributed by atoms with E-state index in [1.807, 2.05) is 4.90 Å². The summed E-state index contributed by atoms with van der Waals surface area (Å²) in [6, 6.07) is -1.77. The lowest BCUT2D eigenvalue weighted by atomic mass is 10.3. The number of carbonyl (C=O) groups excluding carboxylic acids is 1. The van der Waals surface area contributed by atoms with E-state index in [9.17, 15) is 18.0 Å². The number of alkyl halides is 3. The van der Waals surface area contributed by atoms with E-state index in [0.717, 1.165) is 13.3 Å². The third kappa shape index (κ3) is 5.20. The number of halogens is 3. The highest BCUT2D eigenvalue weighted by atomic mass is 19.4. The van der Waals surface area contributed by atoms with E-state index in [-0.39, 0.29) is 5.91 Å². The van der Waals surface area contributed by atoms with E-state index in [4.69, 9.17) is 0 Å². The van der Waals surface area contributed by atoms with E-state index >= 15 is 0 Å². The zero-order valence-corrected chi connectivity index (χ0v) is 12.1. The van der Waals surface area contributed by atoms with Gasteiger partial charge in [-0.1, -0.05) is 6.58 Å². The molecule has 1 heterocycles. The molecule has 1 unspecified atom stereocenters. The SMILES string of the molecule is C=CC(=O)N1CCN(C(C)=NC=NC(C)C(F)(F)F)CC1. The van der Waals surface area contributed by atoms with Crippen molar-refractivity contribution in [1.82, 2.24) is 9.80 Å². The molecular formula is C13H19F3N4O. The zero-order valence-electron chi connectivity index (χ0n) is 12.1. The highest BCUT2D eigenvalue weighted by Gasteiger charge is 2.35. The van der Waals surface area contributed by atoms with Crippen molar-refractivity contribution in [2.75, 3.05) is 26.2 Å². The van der Waals surface area contributed by atoms with Crippen LogP contribution in [-0.4, -0.2) is 66.3 Å². The summed E-state index contributed by atoms with van der Waals surface area (Å²) in [6.45, 7) is 8.34. The first-order chi connectivity index (χ1) is 9.75. The van der Waals surface area contributed by atoms with Crippen LogP contribution in [0.15, 0.2) is 22.6 Å². The number of aliphatic imine (C=N–C) groups is 2. The van der Waals surface area contributed by atoms with Crippen LogP contribution in [-0.2, 0) is 4.79 Å². The minimum atomic E-state index is -4.35. The summed E-state index contributed by atoms with van der Waals surface area (Å²) in [6.07, 6.45) is -2.15. The van der Waals surface area contributed by atoms with Gasteiger partial charge in [0.05, 0.1) is 0 Å². The number of piperazine rings is 1. The van der Waals surface area contributed by atoms with Crippen molar-refractivity contribution in [2.45, 2.75) is 26.1 Å². The lowest BCUT2D eigenvalue weighted by molar-refractivity contribution is -0.142. The topological polar surface area (TPSA) is 48.3 Å². The minimum Gasteiger partial charge on any atom is -0.357 e. The van der Waals surface area contributed by atoms with Gasteiger partial charge in [0.1, 0.15) is 18.2 Å². The molecule has 1 atom stereocenters. The van der Waals surface area contributed by atoms with Gasteiger partial charge in [-0.25, -0.2) is 4.99 Å². The van der Waals surface area contributed by atoms with E-state index in [0.29, 0.717) is 32.0 Å². The fraction of sp³-hybridized carbons (Fsp3) is 0.615. The molecule has 0 spiro atoms. The summed E-state index contributed by atoms with van der Waals surface area (Å²) in [4.78, 5) is 22.2. The van der Waals surface area contributed by atoms with Gasteiger partial charge in [0, 0.05) is 26.2 Å². The predicted molar refractivity (Wildman–Crippen MR) is 75.5 cm³/mol. The van der Waals surface area contributed by atoms with Crippen molar-refractivity contribution >= 4 is 18.1 Å². The molecule has 1 aliphatic heterocycles. The third-order valence-electron chi connectivity index (χ3n) is 3.23. The highest BCUT2D eigenvalue weighted by molar-refractivity contribution is 5.88. The molecule has 5 nitrogen and oxygen atoms in total. The Balaban J connectivity index is 2.52. The lowest BCUT2D eigenvalue weighted by Gasteiger charge is -2.35. The molecule has 0 aromatic carbocycles. The summed E-state index contributed by atoms with van der Waals surface area (Å²) in [7, 11) is 0. The molecule has 0 bridgehead atoms. The molecule has 1 aliphatic rings. The van der Waals surface area contributed by atoms with Crippen LogP contribution in [0.5, 0.6) is 0 Å². The van der Waals surface area contributed by atoms with Crippen LogP contribution >= 0.6 is 0 Å². The first-order valence-electron chi connectivity index (χ1n) is 6.54. The molecule has 8 heteroatoms. The van der Waals surface area contributed by atoms with Crippen molar-refractivity contribution in [2.24, 2.45) is 9.98 Å². The lowest BCUT2D eigenvalue weighted by Crippen LogP contribution is -2.49. The summed E-state index contributed by atoms with van der Waals surface area (Å²) in [5.74, 6) is 0.462. The van der Waals surface area contributed by atoms with E-state index in [2.05, 4.69) is 16.6 Å². The van der Waals surface area contributed by atoms with Gasteiger partial charge in [-0.15, -0.1) is 0 Å². The Morgan fingerprint density at radius 2 is 1.76 bits per heavy atom. The molecule has 21 heavy (non-hydrogen) atoms. The van der Waals surface area contributed by atoms with Gasteiger partial charge in [-0.2, -0.15) is 13.2 Å². The molecule has 1 amide bonds. The molecule has 0 aromatic heterocycles. The maximum absolute atomic E-state index is 12.3. The van der Waals surface area contributed by atoms with Crippen LogP contribution < -0.4 is 0 Å². The zero-order chi connectivity index (χ0) is 16.0. The predicted octanol–water partition coefficient (Wildman–Crippen LogP) is 1.71. The number of hydrogen-bond acceptors (Lipinski definition) is 2. The number of nitrogens with zero attached hydrogens (tertiary/aromatic N) is 4. The molecule has 1 saturated heterocycles. The maximum atomic E-state index is 12.3. The Morgan fingerprint density at radius 3 is 2.24 bits per heavy atom. The van der Waals surface area contributed by atoms with Crippen molar-refractivity contribution in [3.8, 4) is 0 Å². The highest BCUT2D eigenvalue weighted by Crippen LogP contribution is 2.21. The number of amides is 1. The molecular weight excluding hydrogens is 285 g/mol. The number of hydrogen-bond donors (Lipinski definition) is 0. The molecule has 118 valence electrons. The van der Waals surface area contributed by atoms with Crippen LogP contribution in [0.4, 0.5) is 13.2 Å². The fourth-order valence-electron chi connectivity index (χ4n) is 1.76. The molecule has 0 N–H and O–H groups in total. The normalized spacial score (nSPS) is 19.0. The number of carbonyl (C=O) groups is 1. The van der Waals surface area contributed by atoms with E-state index < -0.39 is 12.2 Å². The Hall–Kier alpha value is -1.86. The Morgan fingerprint density at radius 1 is 1.24 bits per heavy atom. The van der Waals surface area contributed by atoms with E-state index in [1.54, 1.807) is 11.8 Å². The van der Waals surface area contributed by atoms with Gasteiger partial charge in [-0.05, 0) is 19.9 Å². The van der Waals surface area contributed by atoms with Gasteiger partial charge < -0.3 is 9.80 Å². The molecule has 0 aliphatic carbocycles. The van der Waals surface area contributed by atoms with Gasteiger partial charge in [-0.3, -0.25) is 9.79 Å². The summed E-state index contributed by atoms with van der Waals surface area (Å²) >= 11 is 0. The average molecular weight is 304 g/mol. The number of rotatable bonds is 3. The third-order valence-corrected chi connectivity index (χ3v) is 3.23. The maximum Gasteiger partial charge on any atom is 0.410 e. The standard InChI is InChI=1S/C13H19F3N4O/c1-4-12(21)20-7-5-19(6-8-20)11(3)18-9-17-10(2)13(14,15)16/h4,9-10H,1,5-8H2,2-3H3. The molecule has 0 saturated carbocycles. The van der Waals surface area contributed by atoms with Crippen molar-refractivity contribution in [3.05, 3.63) is 12.7 Å². The van der Waals surface area contributed by atoms with Crippen LogP contribution in [0.3, 0.4) is 0 Å². The Kier molecular flexibility index (Phi) is 5.92. The summed E-state index contributed by atoms with van der Waals surface area (Å²) in [5, 5.41) is 0. The second-order valence-electron chi connectivity index (χ2n) is 4.67. The smallest absolute Gasteiger partial charge is 0.357 e. The molecule has 1 rings (SSSR count). The van der Waals surface area contributed by atoms with Crippen LogP contribution in [0, 0.1) is 0 Å². The first-order valence-corrected chi connectivity index (χ1v) is 6.54. The van der Waals surface area contributed by atoms with Crippen molar-refractivity contribution < 1.29 is 18.0 Å². The van der Waals surface area contributed by atoms with Crippen LogP contribution in [0.25, 0.3) is 0 Å². The van der Waals surface area contributed by atoms with Crippen LogP contribution in [0.1, 0.15) is 13.8 Å². The van der Waals surface area contributed by atoms with Crippen LogP contribution in [0.2, 0.25) is 0 Å². The fourth-order valence-corrected chi connectivity index (χ4v) is 1.76. The second-order valence-corrected chi connectivity index (χ2v) is 4.67. The minimum absolute atomic E-state index is 0.121. The van der Waals surface area contributed by atoms with Gasteiger partial charge in [0.25, 0.3) is 0 Å². The average Bonchev–Trinajstić information content (AvgIpc) is 2.45. The largest absolute Gasteiger partial charge is 0.410 e. The summed E-state index contributed by atoms with van der Waals surface area (Å²) in [5.41, 5.74) is 0. The molecule has 0 radical (unpaired) electrons. The van der Waals surface area contributed by atoms with Gasteiger partial charge in [0.15, 0.2) is 0 Å². The van der Waals surface area contributed by atoms with Gasteiger partial charge in [0.2, 0.25) is 5.91 Å². The monoisotopic (exact) mass is 304 g/mol. The number of amidine groups is 1. The Labute approximate surface area is 121 Å². The second kappa shape index (κ2) is 7.24. The molecule has 0 aromatic rings. The summed E-state index contributed by atoms with van der Waals surface area (Å²) < 4.78 is 36.8. The Bertz CT molecular complexity index is 437. The molecule has 1 fully saturated rings. The van der Waals surface area contributed by atoms with Crippen molar-refractivity contribution in [3.63, 3.8) is 0 Å². The van der Waals surface area contributed by atoms with Crippen molar-refractivity contribution in [1.29, 1.82) is 0 Å². The van der Waals surface area contributed by atoms with E-state index in [1.165, 1.54) is 6.08 Å². The first kappa shape index (κ1) is 17.2. The quantitative estimate of drug-likeness (QED) is 0.453. The van der Waals surface area contributed by atoms with Gasteiger partial charge >= 0.3 is 6.18 Å².